The zero-order valence-electron chi connectivity index (χ0n) is 12.9. The Morgan fingerprint density at radius 3 is 2.64 bits per heavy atom. The molecule has 6 nitrogen and oxygen atoms in total. The Morgan fingerprint density at radius 1 is 1.36 bits per heavy atom. The standard InChI is InChI=1S/C15H21ClN2O4/c1-11-9-15(13(16)10-14(11)18(19)20)17-5-3-12(4-6-17)22-8-7-21-2/h9-10,12H,3-8H2,1-2H3. The summed E-state index contributed by atoms with van der Waals surface area (Å²) in [5.74, 6) is 0. The van der Waals surface area contributed by atoms with Crippen LogP contribution < -0.4 is 4.90 Å². The SMILES string of the molecule is COCCOC1CCN(c2cc(C)c([N+](=O)[O-])cc2Cl)CC1. The number of methoxy groups -OCH3 is 1. The van der Waals surface area contributed by atoms with Gasteiger partial charge < -0.3 is 14.4 Å². The number of ether oxygens (including phenoxy) is 2. The van der Waals surface area contributed by atoms with Crippen LogP contribution in [0.4, 0.5) is 11.4 Å². The lowest BCUT2D eigenvalue weighted by molar-refractivity contribution is -0.385. The van der Waals surface area contributed by atoms with Crippen molar-refractivity contribution in [3.8, 4) is 0 Å². The smallest absolute Gasteiger partial charge is 0.273 e. The topological polar surface area (TPSA) is 64.8 Å². The second kappa shape index (κ2) is 7.76. The number of nitrogens with zero attached hydrogens (tertiary/aromatic N) is 2. The minimum atomic E-state index is -0.402. The molecule has 0 saturated carbocycles. The summed E-state index contributed by atoms with van der Waals surface area (Å²) in [6, 6.07) is 3.24. The third-order valence-corrected chi connectivity index (χ3v) is 4.19. The van der Waals surface area contributed by atoms with Gasteiger partial charge in [0, 0.05) is 31.8 Å². The largest absolute Gasteiger partial charge is 0.382 e. The van der Waals surface area contributed by atoms with E-state index >= 15 is 0 Å². The summed E-state index contributed by atoms with van der Waals surface area (Å²) in [7, 11) is 1.66. The first-order valence-electron chi connectivity index (χ1n) is 7.33. The number of piperidine rings is 1. The van der Waals surface area contributed by atoms with E-state index in [4.69, 9.17) is 21.1 Å². The van der Waals surface area contributed by atoms with E-state index in [1.54, 1.807) is 20.1 Å². The molecule has 0 atom stereocenters. The molecule has 1 fully saturated rings. The van der Waals surface area contributed by atoms with Crippen molar-refractivity contribution in [1.82, 2.24) is 0 Å². The fraction of sp³-hybridized carbons (Fsp3) is 0.600. The first-order chi connectivity index (χ1) is 10.5. The summed E-state index contributed by atoms with van der Waals surface area (Å²) < 4.78 is 10.7. The molecule has 0 spiro atoms. The zero-order chi connectivity index (χ0) is 16.1. The van der Waals surface area contributed by atoms with Crippen molar-refractivity contribution in [1.29, 1.82) is 0 Å². The quantitative estimate of drug-likeness (QED) is 0.456. The average Bonchev–Trinajstić information content (AvgIpc) is 2.50. The van der Waals surface area contributed by atoms with E-state index in [9.17, 15) is 10.1 Å². The number of halogens is 1. The Hall–Kier alpha value is -1.37. The molecule has 1 saturated heterocycles. The summed E-state index contributed by atoms with van der Waals surface area (Å²) in [6.07, 6.45) is 2.07. The monoisotopic (exact) mass is 328 g/mol. The number of aryl methyl sites for hydroxylation is 1. The highest BCUT2D eigenvalue weighted by atomic mass is 35.5. The Balaban J connectivity index is 1.99. The second-order valence-electron chi connectivity index (χ2n) is 5.40. The van der Waals surface area contributed by atoms with Gasteiger partial charge >= 0.3 is 0 Å². The highest BCUT2D eigenvalue weighted by Crippen LogP contribution is 2.34. The van der Waals surface area contributed by atoms with E-state index in [1.807, 2.05) is 0 Å². The van der Waals surface area contributed by atoms with Crippen molar-refractivity contribution in [2.75, 3.05) is 38.3 Å². The molecule has 2 rings (SSSR count). The van der Waals surface area contributed by atoms with Crippen molar-refractivity contribution in [3.05, 3.63) is 32.8 Å². The van der Waals surface area contributed by atoms with Gasteiger partial charge in [-0.05, 0) is 25.8 Å². The number of hydrogen-bond acceptors (Lipinski definition) is 5. The molecule has 1 aliphatic rings. The van der Waals surface area contributed by atoms with Gasteiger partial charge in [-0.25, -0.2) is 0 Å². The molecule has 0 N–H and O–H groups in total. The van der Waals surface area contributed by atoms with Crippen molar-refractivity contribution in [2.45, 2.75) is 25.9 Å². The zero-order valence-corrected chi connectivity index (χ0v) is 13.6. The molecule has 0 aromatic heterocycles. The maximum absolute atomic E-state index is 10.9. The highest BCUT2D eigenvalue weighted by Gasteiger charge is 2.23. The third-order valence-electron chi connectivity index (χ3n) is 3.89. The van der Waals surface area contributed by atoms with Crippen LogP contribution in [0.5, 0.6) is 0 Å². The molecule has 122 valence electrons. The van der Waals surface area contributed by atoms with Gasteiger partial charge in [0.15, 0.2) is 0 Å². The van der Waals surface area contributed by atoms with Gasteiger partial charge in [-0.2, -0.15) is 0 Å². The molecule has 0 aliphatic carbocycles. The molecule has 0 bridgehead atoms. The minimum absolute atomic E-state index is 0.0616. The molecule has 1 aromatic rings. The van der Waals surface area contributed by atoms with E-state index < -0.39 is 4.92 Å². The minimum Gasteiger partial charge on any atom is -0.382 e. The van der Waals surface area contributed by atoms with Crippen molar-refractivity contribution < 1.29 is 14.4 Å². The number of anilines is 1. The number of rotatable bonds is 6. The maximum atomic E-state index is 10.9. The lowest BCUT2D eigenvalue weighted by Crippen LogP contribution is -2.37. The molecule has 22 heavy (non-hydrogen) atoms. The third kappa shape index (κ3) is 4.09. The van der Waals surface area contributed by atoms with E-state index in [-0.39, 0.29) is 11.8 Å². The van der Waals surface area contributed by atoms with Crippen molar-refractivity contribution in [2.24, 2.45) is 0 Å². The van der Waals surface area contributed by atoms with Gasteiger partial charge in [0.05, 0.1) is 35.0 Å². The van der Waals surface area contributed by atoms with Crippen molar-refractivity contribution >= 4 is 23.0 Å². The number of nitro groups is 1. The normalized spacial score (nSPS) is 16.0. The van der Waals surface area contributed by atoms with Gasteiger partial charge in [0.1, 0.15) is 0 Å². The molecule has 0 unspecified atom stereocenters. The summed E-state index contributed by atoms with van der Waals surface area (Å²) in [5.41, 5.74) is 1.55. The van der Waals surface area contributed by atoms with E-state index in [2.05, 4.69) is 4.90 Å². The first-order valence-corrected chi connectivity index (χ1v) is 7.70. The number of nitro benzene ring substituents is 1. The Bertz CT molecular complexity index is 531. The molecule has 7 heteroatoms. The summed E-state index contributed by atoms with van der Waals surface area (Å²) in [4.78, 5) is 12.7. The number of hydrogen-bond donors (Lipinski definition) is 0. The number of benzene rings is 1. The van der Waals surface area contributed by atoms with Crippen LogP contribution in [0.2, 0.25) is 5.02 Å². The predicted octanol–water partition coefficient (Wildman–Crippen LogP) is 3.19. The molecule has 1 aliphatic heterocycles. The van der Waals surface area contributed by atoms with Crippen LogP contribution in [0, 0.1) is 17.0 Å². The summed E-state index contributed by atoms with van der Waals surface area (Å²) >= 11 is 6.22. The molecule has 1 heterocycles. The van der Waals surface area contributed by atoms with E-state index in [0.717, 1.165) is 31.6 Å². The van der Waals surface area contributed by atoms with Crippen LogP contribution in [0.1, 0.15) is 18.4 Å². The fourth-order valence-electron chi connectivity index (χ4n) is 2.66. The molecule has 1 aromatic carbocycles. The van der Waals surface area contributed by atoms with Crippen LogP contribution in [0.15, 0.2) is 12.1 Å². The lowest BCUT2D eigenvalue weighted by Gasteiger charge is -2.34. The highest BCUT2D eigenvalue weighted by molar-refractivity contribution is 6.33. The Labute approximate surface area is 135 Å². The van der Waals surface area contributed by atoms with E-state index in [0.29, 0.717) is 23.8 Å². The molecular weight excluding hydrogens is 308 g/mol. The van der Waals surface area contributed by atoms with Crippen LogP contribution in [0.3, 0.4) is 0 Å². The summed E-state index contributed by atoms with van der Waals surface area (Å²) in [6.45, 7) is 4.61. The molecular formula is C15H21ClN2O4. The van der Waals surface area contributed by atoms with E-state index in [1.165, 1.54) is 6.07 Å². The van der Waals surface area contributed by atoms with Gasteiger partial charge in [0.2, 0.25) is 0 Å². The van der Waals surface area contributed by atoms with Gasteiger partial charge in [-0.15, -0.1) is 0 Å². The average molecular weight is 329 g/mol. The predicted molar refractivity (Wildman–Crippen MR) is 85.9 cm³/mol. The van der Waals surface area contributed by atoms with Crippen molar-refractivity contribution in [3.63, 3.8) is 0 Å². The Morgan fingerprint density at radius 2 is 2.05 bits per heavy atom. The van der Waals surface area contributed by atoms with Crippen LogP contribution in [-0.4, -0.2) is 44.4 Å². The fourth-order valence-corrected chi connectivity index (χ4v) is 2.93. The van der Waals surface area contributed by atoms with Crippen LogP contribution in [0.25, 0.3) is 0 Å². The Kier molecular flexibility index (Phi) is 5.99. The summed E-state index contributed by atoms with van der Waals surface area (Å²) in [5, 5.41) is 11.4. The van der Waals surface area contributed by atoms with Crippen LogP contribution in [-0.2, 0) is 9.47 Å². The lowest BCUT2D eigenvalue weighted by atomic mass is 10.1. The maximum Gasteiger partial charge on any atom is 0.273 e. The van der Waals surface area contributed by atoms with Gasteiger partial charge in [0.25, 0.3) is 5.69 Å². The molecule has 0 radical (unpaired) electrons. The van der Waals surface area contributed by atoms with Gasteiger partial charge in [-0.1, -0.05) is 11.6 Å². The van der Waals surface area contributed by atoms with Gasteiger partial charge in [-0.3, -0.25) is 10.1 Å². The first kappa shape index (κ1) is 17.0. The van der Waals surface area contributed by atoms with Crippen LogP contribution >= 0.6 is 11.6 Å². The molecule has 0 amide bonds. The second-order valence-corrected chi connectivity index (χ2v) is 5.80.